The first-order valence-electron chi connectivity index (χ1n) is 9.00. The Bertz CT molecular complexity index is 922. The zero-order valence-corrected chi connectivity index (χ0v) is 15.4. The predicted octanol–water partition coefficient (Wildman–Crippen LogP) is 5.37. The van der Waals surface area contributed by atoms with Crippen LogP contribution in [0.3, 0.4) is 0 Å². The highest BCUT2D eigenvalue weighted by Crippen LogP contribution is 2.48. The molecule has 0 N–H and O–H groups in total. The zero-order chi connectivity index (χ0) is 19.4. The Hall–Kier alpha value is -3.18. The number of fused-ring (bicyclic) bond motifs is 1. The Balaban J connectivity index is 2.11. The summed E-state index contributed by atoms with van der Waals surface area (Å²) in [6.45, 7) is 5.82. The molecule has 0 bridgehead atoms. The van der Waals surface area contributed by atoms with E-state index in [9.17, 15) is 9.59 Å². The first-order valence-corrected chi connectivity index (χ1v) is 9.00. The molecule has 0 saturated heterocycles. The Kier molecular flexibility index (Phi) is 5.23. The van der Waals surface area contributed by atoms with Crippen molar-refractivity contribution in [3.05, 3.63) is 89.5 Å². The molecule has 2 heteroatoms. The van der Waals surface area contributed by atoms with E-state index in [0.717, 1.165) is 11.1 Å². The number of ketones is 2. The minimum absolute atomic E-state index is 0.149. The minimum Gasteiger partial charge on any atom is -0.293 e. The Labute approximate surface area is 160 Å². The van der Waals surface area contributed by atoms with E-state index < -0.39 is 11.3 Å². The summed E-state index contributed by atoms with van der Waals surface area (Å²) in [7, 11) is 0. The molecule has 2 aromatic carbocycles. The van der Waals surface area contributed by atoms with Crippen molar-refractivity contribution in [3.8, 4) is 12.3 Å². The van der Waals surface area contributed by atoms with Gasteiger partial charge in [0.15, 0.2) is 11.6 Å². The summed E-state index contributed by atoms with van der Waals surface area (Å²) in [5.41, 5.74) is 1.55. The van der Waals surface area contributed by atoms with Crippen LogP contribution in [0.5, 0.6) is 0 Å². The van der Waals surface area contributed by atoms with E-state index in [1.165, 1.54) is 0 Å². The molecule has 0 amide bonds. The highest BCUT2D eigenvalue weighted by Gasteiger charge is 2.56. The van der Waals surface area contributed by atoms with Gasteiger partial charge in [-0.25, -0.2) is 0 Å². The topological polar surface area (TPSA) is 34.1 Å². The van der Waals surface area contributed by atoms with Crippen molar-refractivity contribution in [1.82, 2.24) is 0 Å². The summed E-state index contributed by atoms with van der Waals surface area (Å²) in [5, 5.41) is 0. The maximum absolute atomic E-state index is 13.4. The number of hydrogen-bond acceptors (Lipinski definition) is 2. The molecular formula is C25H22O2. The van der Waals surface area contributed by atoms with Crippen molar-refractivity contribution < 1.29 is 9.59 Å². The smallest absolute Gasteiger partial charge is 0.178 e. The molecule has 3 rings (SSSR count). The van der Waals surface area contributed by atoms with Gasteiger partial charge in [-0.2, -0.15) is 0 Å². The first kappa shape index (κ1) is 18.6. The van der Waals surface area contributed by atoms with E-state index in [0.29, 0.717) is 24.0 Å². The van der Waals surface area contributed by atoms with Crippen LogP contribution in [0.1, 0.15) is 46.0 Å². The maximum Gasteiger partial charge on any atom is 0.178 e. The van der Waals surface area contributed by atoms with E-state index in [2.05, 4.69) is 12.5 Å². The summed E-state index contributed by atoms with van der Waals surface area (Å²) < 4.78 is 0. The maximum atomic E-state index is 13.4. The van der Waals surface area contributed by atoms with Gasteiger partial charge in [-0.15, -0.1) is 18.9 Å². The van der Waals surface area contributed by atoms with Crippen molar-refractivity contribution in [2.24, 2.45) is 11.3 Å². The fraction of sp³-hybridized carbons (Fsp3) is 0.200. The van der Waals surface area contributed by atoms with Crippen LogP contribution in [0.4, 0.5) is 0 Å². The van der Waals surface area contributed by atoms with Gasteiger partial charge < -0.3 is 0 Å². The number of carbonyl (C=O) groups is 2. The van der Waals surface area contributed by atoms with E-state index >= 15 is 0 Å². The Morgan fingerprint density at radius 3 is 2.15 bits per heavy atom. The Morgan fingerprint density at radius 2 is 1.63 bits per heavy atom. The van der Waals surface area contributed by atoms with Gasteiger partial charge in [-0.1, -0.05) is 72.3 Å². The van der Waals surface area contributed by atoms with Gasteiger partial charge in [-0.05, 0) is 18.9 Å². The van der Waals surface area contributed by atoms with Crippen LogP contribution in [0.25, 0.3) is 6.08 Å². The zero-order valence-electron chi connectivity index (χ0n) is 15.4. The number of benzene rings is 2. The average Bonchev–Trinajstić information content (AvgIpc) is 2.88. The molecule has 2 aromatic rings. The fourth-order valence-electron chi connectivity index (χ4n) is 3.89. The lowest BCUT2D eigenvalue weighted by atomic mass is 9.66. The van der Waals surface area contributed by atoms with Gasteiger partial charge in [0.05, 0.1) is 0 Å². The van der Waals surface area contributed by atoms with Crippen LogP contribution in [0.15, 0.2) is 72.8 Å². The van der Waals surface area contributed by atoms with Gasteiger partial charge in [0.1, 0.15) is 5.41 Å². The largest absolute Gasteiger partial charge is 0.293 e. The van der Waals surface area contributed by atoms with Gasteiger partial charge in [-0.3, -0.25) is 9.59 Å². The number of hydrogen-bond donors (Lipinski definition) is 0. The van der Waals surface area contributed by atoms with Crippen LogP contribution < -0.4 is 0 Å². The molecule has 0 fully saturated rings. The van der Waals surface area contributed by atoms with E-state index in [1.54, 1.807) is 24.3 Å². The molecule has 1 atom stereocenters. The van der Waals surface area contributed by atoms with E-state index in [1.807, 2.05) is 49.4 Å². The highest BCUT2D eigenvalue weighted by molar-refractivity contribution is 6.30. The third-order valence-corrected chi connectivity index (χ3v) is 5.10. The van der Waals surface area contributed by atoms with Crippen LogP contribution in [-0.2, 0) is 0 Å². The van der Waals surface area contributed by atoms with Crippen molar-refractivity contribution in [2.45, 2.75) is 19.8 Å². The molecule has 27 heavy (non-hydrogen) atoms. The van der Waals surface area contributed by atoms with Crippen molar-refractivity contribution in [2.75, 3.05) is 0 Å². The minimum atomic E-state index is -1.22. The molecule has 1 unspecified atom stereocenters. The second-order valence-electron chi connectivity index (χ2n) is 7.09. The highest BCUT2D eigenvalue weighted by atomic mass is 16.2. The molecule has 2 nitrogen and oxygen atoms in total. The van der Waals surface area contributed by atoms with Crippen molar-refractivity contribution >= 4 is 17.6 Å². The quantitative estimate of drug-likeness (QED) is 0.397. The summed E-state index contributed by atoms with van der Waals surface area (Å²) in [6, 6.07) is 16.8. The third-order valence-electron chi connectivity index (χ3n) is 5.10. The first-order chi connectivity index (χ1) is 13.0. The molecule has 0 spiro atoms. The lowest BCUT2D eigenvalue weighted by molar-refractivity contribution is 0.0627. The second kappa shape index (κ2) is 7.60. The molecule has 0 heterocycles. The van der Waals surface area contributed by atoms with Gasteiger partial charge >= 0.3 is 0 Å². The molecule has 0 radical (unpaired) electrons. The number of allylic oxidation sites excluding steroid dienone is 2. The van der Waals surface area contributed by atoms with Crippen LogP contribution in [0.2, 0.25) is 0 Å². The van der Waals surface area contributed by atoms with Crippen LogP contribution in [0, 0.1) is 23.7 Å². The second-order valence-corrected chi connectivity index (χ2v) is 7.09. The third kappa shape index (κ3) is 3.29. The monoisotopic (exact) mass is 354 g/mol. The summed E-state index contributed by atoms with van der Waals surface area (Å²) in [6.07, 6.45) is 10.1. The normalized spacial score (nSPS) is 16.1. The molecule has 1 aliphatic rings. The van der Waals surface area contributed by atoms with Crippen molar-refractivity contribution in [1.29, 1.82) is 0 Å². The van der Waals surface area contributed by atoms with E-state index in [4.69, 9.17) is 6.42 Å². The molecular weight excluding hydrogens is 332 g/mol. The molecule has 0 aromatic heterocycles. The summed E-state index contributed by atoms with van der Waals surface area (Å²) >= 11 is 0. The fourth-order valence-corrected chi connectivity index (χ4v) is 3.89. The average molecular weight is 354 g/mol. The number of carbonyl (C=O) groups excluding carboxylic acids is 2. The van der Waals surface area contributed by atoms with E-state index in [-0.39, 0.29) is 11.6 Å². The standard InChI is InChI=1S/C25H22O2/c1-4-10-20(16-15-19-11-6-5-7-12-19)25(17-18(2)3)23(26)21-13-8-9-14-22(21)24(25)27/h1,5-9,11-16,20H,2,10,17H2,3H3/b16-15+. The van der Waals surface area contributed by atoms with Crippen LogP contribution in [-0.4, -0.2) is 11.6 Å². The summed E-state index contributed by atoms with van der Waals surface area (Å²) in [4.78, 5) is 26.9. The molecule has 0 saturated carbocycles. The number of terminal acetylenes is 1. The molecule has 1 aliphatic carbocycles. The lowest BCUT2D eigenvalue weighted by Crippen LogP contribution is -2.40. The Morgan fingerprint density at radius 1 is 1.07 bits per heavy atom. The molecule has 134 valence electrons. The van der Waals surface area contributed by atoms with Crippen molar-refractivity contribution in [3.63, 3.8) is 0 Å². The van der Waals surface area contributed by atoms with Gasteiger partial charge in [0.25, 0.3) is 0 Å². The number of rotatable bonds is 6. The molecule has 0 aliphatic heterocycles. The summed E-state index contributed by atoms with van der Waals surface area (Å²) in [5.74, 6) is 1.97. The number of Topliss-reactive ketones (excluding diaryl/α,β-unsaturated/α-hetero) is 2. The SMILES string of the molecule is C#CCC(/C=C/c1ccccc1)C1(CC(=C)C)C(=O)c2ccccc2C1=O. The lowest BCUT2D eigenvalue weighted by Gasteiger charge is -2.32. The van der Waals surface area contributed by atoms with Crippen LogP contribution >= 0.6 is 0 Å². The van der Waals surface area contributed by atoms with Gasteiger partial charge in [0, 0.05) is 23.5 Å². The predicted molar refractivity (Wildman–Crippen MR) is 109 cm³/mol. The van der Waals surface area contributed by atoms with Gasteiger partial charge in [0.2, 0.25) is 0 Å².